The van der Waals surface area contributed by atoms with Crippen molar-refractivity contribution in [2.45, 2.75) is 12.3 Å². The molecule has 0 aliphatic heterocycles. The van der Waals surface area contributed by atoms with E-state index in [-0.39, 0.29) is 11.8 Å². The molecule has 126 valence electrons. The van der Waals surface area contributed by atoms with Crippen molar-refractivity contribution in [2.75, 3.05) is 5.32 Å². The number of carbonyl (C=O) groups excluding carboxylic acids is 1. The van der Waals surface area contributed by atoms with Gasteiger partial charge in [-0.1, -0.05) is 83.9 Å². The smallest absolute Gasteiger partial charge is 0.225 e. The maximum Gasteiger partial charge on any atom is 0.225 e. The molecule has 0 bridgehead atoms. The average molecular weight is 370 g/mol. The van der Waals surface area contributed by atoms with Crippen LogP contribution in [-0.4, -0.2) is 5.91 Å². The minimum atomic E-state index is -0.109. The van der Waals surface area contributed by atoms with Crippen LogP contribution in [0.4, 0.5) is 5.69 Å². The molecule has 3 rings (SSSR count). The molecule has 3 aromatic carbocycles. The molecule has 0 saturated heterocycles. The zero-order valence-electron chi connectivity index (χ0n) is 13.5. The first kappa shape index (κ1) is 17.5. The van der Waals surface area contributed by atoms with E-state index in [1.54, 1.807) is 18.2 Å². The van der Waals surface area contributed by atoms with Crippen LogP contribution < -0.4 is 5.32 Å². The molecule has 3 aromatic rings. The van der Waals surface area contributed by atoms with Gasteiger partial charge in [0.25, 0.3) is 0 Å². The van der Waals surface area contributed by atoms with Gasteiger partial charge in [-0.2, -0.15) is 0 Å². The second-order valence-electron chi connectivity index (χ2n) is 5.75. The van der Waals surface area contributed by atoms with Crippen LogP contribution in [-0.2, 0) is 4.79 Å². The lowest BCUT2D eigenvalue weighted by Gasteiger charge is -2.18. The van der Waals surface area contributed by atoms with Gasteiger partial charge in [0.2, 0.25) is 5.91 Å². The SMILES string of the molecule is O=C(CC(c1ccccc1)c1ccccc1)Nc1cc(Cl)ccc1Cl. The van der Waals surface area contributed by atoms with Crippen molar-refractivity contribution >= 4 is 34.8 Å². The second-order valence-corrected chi connectivity index (χ2v) is 6.59. The molecule has 0 atom stereocenters. The van der Waals surface area contributed by atoms with E-state index < -0.39 is 0 Å². The highest BCUT2D eigenvalue weighted by Gasteiger charge is 2.18. The average Bonchev–Trinajstić information content (AvgIpc) is 2.64. The van der Waals surface area contributed by atoms with Crippen molar-refractivity contribution in [2.24, 2.45) is 0 Å². The highest BCUT2D eigenvalue weighted by atomic mass is 35.5. The number of rotatable bonds is 5. The van der Waals surface area contributed by atoms with Crippen LogP contribution in [0.2, 0.25) is 10.0 Å². The first-order valence-electron chi connectivity index (χ1n) is 7.98. The van der Waals surface area contributed by atoms with Crippen molar-refractivity contribution in [3.8, 4) is 0 Å². The van der Waals surface area contributed by atoms with Crippen LogP contribution in [0, 0.1) is 0 Å². The zero-order chi connectivity index (χ0) is 17.6. The summed E-state index contributed by atoms with van der Waals surface area (Å²) in [6.45, 7) is 0. The summed E-state index contributed by atoms with van der Waals surface area (Å²) in [4.78, 5) is 12.6. The normalized spacial score (nSPS) is 10.7. The largest absolute Gasteiger partial charge is 0.325 e. The molecule has 25 heavy (non-hydrogen) atoms. The Morgan fingerprint density at radius 2 is 1.40 bits per heavy atom. The Balaban J connectivity index is 1.83. The molecule has 0 saturated carbocycles. The maximum atomic E-state index is 12.6. The van der Waals surface area contributed by atoms with E-state index in [9.17, 15) is 4.79 Å². The van der Waals surface area contributed by atoms with Crippen molar-refractivity contribution in [1.29, 1.82) is 0 Å². The number of benzene rings is 3. The standard InChI is InChI=1S/C21H17Cl2NO/c22-17-11-12-19(23)20(13-17)24-21(25)14-18(15-7-3-1-4-8-15)16-9-5-2-6-10-16/h1-13,18H,14H2,(H,24,25). The summed E-state index contributed by atoms with van der Waals surface area (Å²) in [5, 5.41) is 3.86. The number of halogens is 2. The van der Waals surface area contributed by atoms with Gasteiger partial charge in [-0.05, 0) is 29.3 Å². The fourth-order valence-electron chi connectivity index (χ4n) is 2.78. The first-order chi connectivity index (χ1) is 12.1. The molecule has 0 aliphatic carbocycles. The van der Waals surface area contributed by atoms with Crippen LogP contribution in [0.3, 0.4) is 0 Å². The van der Waals surface area contributed by atoms with Gasteiger partial charge in [0.15, 0.2) is 0 Å². The lowest BCUT2D eigenvalue weighted by atomic mass is 9.88. The van der Waals surface area contributed by atoms with E-state index in [4.69, 9.17) is 23.2 Å². The minimum absolute atomic E-state index is 0.0274. The number of anilines is 1. The third-order valence-electron chi connectivity index (χ3n) is 4.00. The summed E-state index contributed by atoms with van der Waals surface area (Å²) >= 11 is 12.1. The van der Waals surface area contributed by atoms with Crippen LogP contribution in [0.5, 0.6) is 0 Å². The molecule has 0 unspecified atom stereocenters. The topological polar surface area (TPSA) is 29.1 Å². The molecule has 0 spiro atoms. The van der Waals surface area contributed by atoms with Crippen LogP contribution >= 0.6 is 23.2 Å². The molecule has 0 aromatic heterocycles. The predicted molar refractivity (Wildman–Crippen MR) is 104 cm³/mol. The van der Waals surface area contributed by atoms with Gasteiger partial charge in [-0.3, -0.25) is 4.79 Å². The van der Waals surface area contributed by atoms with Crippen molar-refractivity contribution in [3.05, 3.63) is 100 Å². The molecule has 1 N–H and O–H groups in total. The highest BCUT2D eigenvalue weighted by Crippen LogP contribution is 2.30. The molecule has 0 heterocycles. The molecular weight excluding hydrogens is 353 g/mol. The van der Waals surface area contributed by atoms with Crippen molar-refractivity contribution in [1.82, 2.24) is 0 Å². The zero-order valence-corrected chi connectivity index (χ0v) is 15.0. The van der Waals surface area contributed by atoms with Crippen molar-refractivity contribution in [3.63, 3.8) is 0 Å². The summed E-state index contributed by atoms with van der Waals surface area (Å²) in [6, 6.07) is 25.0. The van der Waals surface area contributed by atoms with Crippen LogP contribution in [0.15, 0.2) is 78.9 Å². The van der Waals surface area contributed by atoms with Gasteiger partial charge >= 0.3 is 0 Å². The Kier molecular flexibility index (Phi) is 5.75. The van der Waals surface area contributed by atoms with Crippen LogP contribution in [0.25, 0.3) is 0 Å². The molecule has 0 aliphatic rings. The van der Waals surface area contributed by atoms with E-state index >= 15 is 0 Å². The summed E-state index contributed by atoms with van der Waals surface area (Å²) in [5.41, 5.74) is 2.72. The Morgan fingerprint density at radius 1 is 0.840 bits per heavy atom. The second kappa shape index (κ2) is 8.19. The fourth-order valence-corrected chi connectivity index (χ4v) is 3.12. The Bertz CT molecular complexity index is 811. The third kappa shape index (κ3) is 4.62. The molecule has 0 radical (unpaired) electrons. The van der Waals surface area contributed by atoms with Gasteiger partial charge in [-0.25, -0.2) is 0 Å². The quantitative estimate of drug-likeness (QED) is 0.573. The summed E-state index contributed by atoms with van der Waals surface area (Å²) in [7, 11) is 0. The number of hydrogen-bond acceptors (Lipinski definition) is 1. The molecule has 1 amide bonds. The van der Waals surface area contributed by atoms with Gasteiger partial charge in [0.05, 0.1) is 10.7 Å². The summed E-state index contributed by atoms with van der Waals surface area (Å²) in [6.07, 6.45) is 0.316. The summed E-state index contributed by atoms with van der Waals surface area (Å²) in [5.74, 6) is -0.137. The van der Waals surface area contributed by atoms with E-state index in [0.717, 1.165) is 11.1 Å². The fraction of sp³-hybridized carbons (Fsp3) is 0.0952. The molecule has 2 nitrogen and oxygen atoms in total. The third-order valence-corrected chi connectivity index (χ3v) is 4.56. The van der Waals surface area contributed by atoms with Gasteiger partial charge in [0.1, 0.15) is 0 Å². The molecular formula is C21H17Cl2NO. The van der Waals surface area contributed by atoms with Gasteiger partial charge in [-0.15, -0.1) is 0 Å². The van der Waals surface area contributed by atoms with E-state index in [1.165, 1.54) is 0 Å². The molecule has 0 fully saturated rings. The monoisotopic (exact) mass is 369 g/mol. The first-order valence-corrected chi connectivity index (χ1v) is 8.74. The highest BCUT2D eigenvalue weighted by molar-refractivity contribution is 6.35. The number of nitrogens with one attached hydrogen (secondary N) is 1. The van der Waals surface area contributed by atoms with Crippen molar-refractivity contribution < 1.29 is 4.79 Å². The Morgan fingerprint density at radius 3 is 1.96 bits per heavy atom. The number of carbonyl (C=O) groups is 1. The minimum Gasteiger partial charge on any atom is -0.325 e. The predicted octanol–water partition coefficient (Wildman–Crippen LogP) is 6.15. The van der Waals surface area contributed by atoms with E-state index in [1.807, 2.05) is 60.7 Å². The van der Waals surface area contributed by atoms with E-state index in [2.05, 4.69) is 5.32 Å². The van der Waals surface area contributed by atoms with E-state index in [0.29, 0.717) is 22.2 Å². The van der Waals surface area contributed by atoms with Crippen LogP contribution in [0.1, 0.15) is 23.5 Å². The van der Waals surface area contributed by atoms with Gasteiger partial charge in [0, 0.05) is 17.4 Å². The number of hydrogen-bond donors (Lipinski definition) is 1. The summed E-state index contributed by atoms with van der Waals surface area (Å²) < 4.78 is 0. The lowest BCUT2D eigenvalue weighted by Crippen LogP contribution is -2.16. The van der Waals surface area contributed by atoms with Gasteiger partial charge < -0.3 is 5.32 Å². The maximum absolute atomic E-state index is 12.6. The Hall–Kier alpha value is -2.29. The molecule has 4 heteroatoms. The Labute approximate surface area is 157 Å². The number of amides is 1. The lowest BCUT2D eigenvalue weighted by molar-refractivity contribution is -0.116.